The molecule has 1 heterocycles. The molecule has 3 atom stereocenters. The summed E-state index contributed by atoms with van der Waals surface area (Å²) < 4.78 is 16.0. The van der Waals surface area contributed by atoms with Crippen molar-refractivity contribution in [3.8, 4) is 23.0 Å². The van der Waals surface area contributed by atoms with Gasteiger partial charge in [-0.1, -0.05) is 6.07 Å². The number of rotatable bonds is 7. The van der Waals surface area contributed by atoms with Gasteiger partial charge >= 0.3 is 0 Å². The Bertz CT molecular complexity index is 849. The summed E-state index contributed by atoms with van der Waals surface area (Å²) in [6.45, 7) is 0. The lowest BCUT2D eigenvalue weighted by atomic mass is 10.00. The first-order valence-corrected chi connectivity index (χ1v) is 9.01. The van der Waals surface area contributed by atoms with Crippen LogP contribution in [0.2, 0.25) is 0 Å². The number of phenolic OH excluding ortho intramolecular Hbond substituents is 2. The standard InChI is InChI=1S/C21H24O7/c1-26-19-7-12(3-5-15(19)22)8-21-18(25)11-14(28-21)10-17(24)13-4-6-16(23)20(9-13)27-2/h3-7,9,14,18,21-23,25H,8,10-11H2,1-2H3. The Balaban J connectivity index is 1.62. The molecule has 2 aromatic carbocycles. The van der Waals surface area contributed by atoms with Gasteiger partial charge in [-0.25, -0.2) is 0 Å². The lowest BCUT2D eigenvalue weighted by Gasteiger charge is -2.16. The predicted octanol–water partition coefficient (Wildman–Crippen LogP) is 2.45. The van der Waals surface area contributed by atoms with E-state index in [2.05, 4.69) is 0 Å². The average Bonchev–Trinajstić information content (AvgIpc) is 3.02. The van der Waals surface area contributed by atoms with Crippen molar-refractivity contribution in [2.45, 2.75) is 37.6 Å². The number of hydrogen-bond acceptors (Lipinski definition) is 7. The van der Waals surface area contributed by atoms with Gasteiger partial charge < -0.3 is 29.5 Å². The van der Waals surface area contributed by atoms with Crippen LogP contribution in [0.4, 0.5) is 0 Å². The van der Waals surface area contributed by atoms with E-state index in [0.29, 0.717) is 24.2 Å². The van der Waals surface area contributed by atoms with Gasteiger partial charge in [0.05, 0.1) is 32.5 Å². The summed E-state index contributed by atoms with van der Waals surface area (Å²) in [5.74, 6) is 0.459. The zero-order valence-corrected chi connectivity index (χ0v) is 15.8. The molecule has 28 heavy (non-hydrogen) atoms. The second-order valence-electron chi connectivity index (χ2n) is 6.82. The monoisotopic (exact) mass is 388 g/mol. The van der Waals surface area contributed by atoms with Crippen LogP contribution in [0.25, 0.3) is 0 Å². The molecule has 0 aromatic heterocycles. The van der Waals surface area contributed by atoms with E-state index in [1.807, 2.05) is 0 Å². The van der Waals surface area contributed by atoms with Crippen molar-refractivity contribution in [2.75, 3.05) is 14.2 Å². The Kier molecular flexibility index (Phi) is 6.06. The summed E-state index contributed by atoms with van der Waals surface area (Å²) in [5, 5.41) is 29.7. The molecule has 0 bridgehead atoms. The smallest absolute Gasteiger partial charge is 0.165 e. The number of carbonyl (C=O) groups excluding carboxylic acids is 1. The van der Waals surface area contributed by atoms with Crippen molar-refractivity contribution < 1.29 is 34.3 Å². The topological polar surface area (TPSA) is 105 Å². The van der Waals surface area contributed by atoms with Crippen LogP contribution < -0.4 is 9.47 Å². The SMILES string of the molecule is COc1cc(CC2OC(CC(=O)c3ccc(O)c(OC)c3)CC2O)ccc1O. The van der Waals surface area contributed by atoms with E-state index in [1.54, 1.807) is 12.1 Å². The van der Waals surface area contributed by atoms with Crippen molar-refractivity contribution in [1.82, 2.24) is 0 Å². The molecule has 3 N–H and O–H groups in total. The number of phenols is 2. The van der Waals surface area contributed by atoms with E-state index in [4.69, 9.17) is 14.2 Å². The molecule has 3 rings (SSSR count). The number of Topliss-reactive ketones (excluding diaryl/α,β-unsaturated/α-hetero) is 1. The fourth-order valence-electron chi connectivity index (χ4n) is 3.39. The minimum absolute atomic E-state index is 0.0315. The van der Waals surface area contributed by atoms with Crippen molar-refractivity contribution in [1.29, 1.82) is 0 Å². The Hall–Kier alpha value is -2.77. The highest BCUT2D eigenvalue weighted by molar-refractivity contribution is 5.97. The lowest BCUT2D eigenvalue weighted by molar-refractivity contribution is 0.00931. The minimum atomic E-state index is -0.688. The van der Waals surface area contributed by atoms with Gasteiger partial charge in [0.2, 0.25) is 0 Å². The number of ether oxygens (including phenoxy) is 3. The third-order valence-electron chi connectivity index (χ3n) is 4.90. The van der Waals surface area contributed by atoms with Crippen molar-refractivity contribution in [3.05, 3.63) is 47.5 Å². The predicted molar refractivity (Wildman–Crippen MR) is 101 cm³/mol. The minimum Gasteiger partial charge on any atom is -0.504 e. The molecule has 0 amide bonds. The number of hydrogen-bond donors (Lipinski definition) is 3. The summed E-state index contributed by atoms with van der Waals surface area (Å²) in [4.78, 5) is 12.5. The highest BCUT2D eigenvalue weighted by Gasteiger charge is 2.35. The number of aromatic hydroxyl groups is 2. The van der Waals surface area contributed by atoms with Gasteiger partial charge in [-0.3, -0.25) is 4.79 Å². The molecular formula is C21H24O7. The van der Waals surface area contributed by atoms with Crippen LogP contribution in [0.1, 0.15) is 28.8 Å². The highest BCUT2D eigenvalue weighted by Crippen LogP contribution is 2.31. The van der Waals surface area contributed by atoms with E-state index in [1.165, 1.54) is 38.5 Å². The van der Waals surface area contributed by atoms with Gasteiger partial charge in [-0.2, -0.15) is 0 Å². The Morgan fingerprint density at radius 3 is 2.39 bits per heavy atom. The second kappa shape index (κ2) is 8.50. The summed E-state index contributed by atoms with van der Waals surface area (Å²) in [7, 11) is 2.89. The fraction of sp³-hybridized carbons (Fsp3) is 0.381. The first-order valence-electron chi connectivity index (χ1n) is 9.01. The van der Waals surface area contributed by atoms with E-state index < -0.39 is 18.3 Å². The maximum absolute atomic E-state index is 12.5. The number of methoxy groups -OCH3 is 2. The zero-order valence-electron chi connectivity index (χ0n) is 15.8. The summed E-state index contributed by atoms with van der Waals surface area (Å²) in [5.41, 5.74) is 1.27. The number of ketones is 1. The Morgan fingerprint density at radius 1 is 1.07 bits per heavy atom. The van der Waals surface area contributed by atoms with Crippen molar-refractivity contribution in [2.24, 2.45) is 0 Å². The zero-order chi connectivity index (χ0) is 20.3. The summed E-state index contributed by atoms with van der Waals surface area (Å²) in [6, 6.07) is 9.42. The maximum atomic E-state index is 12.5. The molecule has 0 aliphatic carbocycles. The van der Waals surface area contributed by atoms with E-state index in [0.717, 1.165) is 5.56 Å². The summed E-state index contributed by atoms with van der Waals surface area (Å²) in [6.07, 6.45) is -0.601. The van der Waals surface area contributed by atoms with Gasteiger partial charge in [0.25, 0.3) is 0 Å². The van der Waals surface area contributed by atoms with Crippen LogP contribution in [-0.2, 0) is 11.2 Å². The second-order valence-corrected chi connectivity index (χ2v) is 6.82. The lowest BCUT2D eigenvalue weighted by Crippen LogP contribution is -2.23. The highest BCUT2D eigenvalue weighted by atomic mass is 16.5. The first-order chi connectivity index (χ1) is 13.4. The quantitative estimate of drug-likeness (QED) is 0.626. The van der Waals surface area contributed by atoms with Crippen LogP contribution in [-0.4, -0.2) is 53.6 Å². The average molecular weight is 388 g/mol. The van der Waals surface area contributed by atoms with Gasteiger partial charge in [-0.15, -0.1) is 0 Å². The third-order valence-corrected chi connectivity index (χ3v) is 4.90. The van der Waals surface area contributed by atoms with Crippen LogP contribution in [0.3, 0.4) is 0 Å². The molecule has 1 aliphatic heterocycles. The molecule has 7 heteroatoms. The van der Waals surface area contributed by atoms with Gasteiger partial charge in [0, 0.05) is 24.8 Å². The number of benzene rings is 2. The molecular weight excluding hydrogens is 364 g/mol. The molecule has 3 unspecified atom stereocenters. The Morgan fingerprint density at radius 2 is 1.71 bits per heavy atom. The Labute approximate surface area is 163 Å². The third kappa shape index (κ3) is 4.37. The molecule has 0 radical (unpaired) electrons. The molecule has 7 nitrogen and oxygen atoms in total. The molecule has 2 aromatic rings. The normalized spacial score (nSPS) is 21.5. The van der Waals surface area contributed by atoms with Crippen LogP contribution in [0.15, 0.2) is 36.4 Å². The van der Waals surface area contributed by atoms with Crippen molar-refractivity contribution in [3.63, 3.8) is 0 Å². The molecule has 1 aliphatic rings. The van der Waals surface area contributed by atoms with Gasteiger partial charge in [0.1, 0.15) is 0 Å². The van der Waals surface area contributed by atoms with E-state index in [-0.39, 0.29) is 29.5 Å². The van der Waals surface area contributed by atoms with Gasteiger partial charge in [0.15, 0.2) is 28.8 Å². The maximum Gasteiger partial charge on any atom is 0.165 e. The van der Waals surface area contributed by atoms with Crippen LogP contribution in [0, 0.1) is 0 Å². The first kappa shape index (κ1) is 20.0. The molecule has 1 fully saturated rings. The molecule has 0 saturated carbocycles. The largest absolute Gasteiger partial charge is 0.504 e. The van der Waals surface area contributed by atoms with Gasteiger partial charge in [-0.05, 0) is 35.9 Å². The molecule has 0 spiro atoms. The number of aliphatic hydroxyl groups excluding tert-OH is 1. The van der Waals surface area contributed by atoms with Crippen LogP contribution >= 0.6 is 0 Å². The number of carbonyl (C=O) groups is 1. The fourth-order valence-corrected chi connectivity index (χ4v) is 3.39. The van der Waals surface area contributed by atoms with Crippen molar-refractivity contribution >= 4 is 5.78 Å². The van der Waals surface area contributed by atoms with E-state index in [9.17, 15) is 20.1 Å². The molecule has 150 valence electrons. The molecule has 1 saturated heterocycles. The number of aliphatic hydroxyl groups is 1. The van der Waals surface area contributed by atoms with E-state index >= 15 is 0 Å². The van der Waals surface area contributed by atoms with Crippen LogP contribution in [0.5, 0.6) is 23.0 Å². The summed E-state index contributed by atoms with van der Waals surface area (Å²) >= 11 is 0.